The fraction of sp³-hybridized carbons (Fsp3) is 0.333. The van der Waals surface area contributed by atoms with E-state index in [4.69, 9.17) is 9.47 Å². The molecule has 1 aromatic carbocycles. The number of para-hydroxylation sites is 2. The molecule has 2 N–H and O–H groups in total. The molecule has 0 amide bonds. The Morgan fingerprint density at radius 1 is 1.43 bits per heavy atom. The average Bonchev–Trinajstić information content (AvgIpc) is 3.08. The quantitative estimate of drug-likeness (QED) is 0.882. The average molecular weight is 305 g/mol. The number of methoxy groups -OCH3 is 1. The molecule has 5 nitrogen and oxygen atoms in total. The van der Waals surface area contributed by atoms with Crippen molar-refractivity contribution in [2.24, 2.45) is 0 Å². The van der Waals surface area contributed by atoms with E-state index in [0.717, 1.165) is 22.3 Å². The minimum atomic E-state index is -0.547. The van der Waals surface area contributed by atoms with E-state index in [1.165, 1.54) is 11.3 Å². The van der Waals surface area contributed by atoms with Gasteiger partial charge in [0.2, 0.25) is 0 Å². The van der Waals surface area contributed by atoms with Gasteiger partial charge in [0.15, 0.2) is 22.7 Å². The van der Waals surface area contributed by atoms with Crippen molar-refractivity contribution in [3.63, 3.8) is 0 Å². The summed E-state index contributed by atoms with van der Waals surface area (Å²) < 4.78 is 10.7. The monoisotopic (exact) mass is 305 g/mol. The molecule has 1 aliphatic rings. The van der Waals surface area contributed by atoms with E-state index in [0.29, 0.717) is 12.8 Å². The number of carbonyl (C=O) groups excluding carboxylic acids is 1. The molecule has 1 atom stereocenters. The van der Waals surface area contributed by atoms with E-state index < -0.39 is 5.60 Å². The lowest BCUT2D eigenvalue weighted by atomic mass is 10.00. The van der Waals surface area contributed by atoms with E-state index in [2.05, 4.69) is 10.3 Å². The van der Waals surface area contributed by atoms with Crippen molar-refractivity contribution in [1.82, 2.24) is 0 Å². The largest absolute Gasteiger partial charge is 0.492 e. The summed E-state index contributed by atoms with van der Waals surface area (Å²) in [5.74, 6) is 0.635. The molecule has 1 aromatic heterocycles. The Morgan fingerprint density at radius 3 is 2.95 bits per heavy atom. The maximum Gasteiger partial charge on any atom is 0.337 e. The maximum atomic E-state index is 11.3. The fourth-order valence-electron chi connectivity index (χ4n) is 2.37. The number of benzene rings is 1. The number of cyclic esters (lactones) is 1. The number of H-pyrrole nitrogens is 1. The van der Waals surface area contributed by atoms with Gasteiger partial charge < -0.3 is 9.47 Å². The van der Waals surface area contributed by atoms with E-state index in [9.17, 15) is 4.79 Å². The molecule has 110 valence electrons. The van der Waals surface area contributed by atoms with Gasteiger partial charge in [0.05, 0.1) is 7.11 Å². The van der Waals surface area contributed by atoms with Gasteiger partial charge in [-0.05, 0) is 19.1 Å². The van der Waals surface area contributed by atoms with Crippen LogP contribution in [0.2, 0.25) is 0 Å². The highest BCUT2D eigenvalue weighted by atomic mass is 32.1. The van der Waals surface area contributed by atoms with Crippen LogP contribution in [0.1, 0.15) is 25.5 Å². The number of thiazole rings is 1. The molecule has 1 unspecified atom stereocenters. The normalized spacial score (nSPS) is 21.1. The van der Waals surface area contributed by atoms with Crippen LogP contribution in [0.25, 0.3) is 0 Å². The Bertz CT molecular complexity index is 670. The predicted molar refractivity (Wildman–Crippen MR) is 79.8 cm³/mol. The first-order chi connectivity index (χ1) is 10.1. The summed E-state index contributed by atoms with van der Waals surface area (Å²) >= 11 is 1.54. The van der Waals surface area contributed by atoms with Gasteiger partial charge in [0.1, 0.15) is 0 Å². The summed E-state index contributed by atoms with van der Waals surface area (Å²) in [5.41, 5.74) is 1.25. The Morgan fingerprint density at radius 2 is 2.24 bits per heavy atom. The van der Waals surface area contributed by atoms with Crippen molar-refractivity contribution < 1.29 is 19.3 Å². The number of esters is 1. The Labute approximate surface area is 126 Å². The summed E-state index contributed by atoms with van der Waals surface area (Å²) in [6, 6.07) is 7.71. The zero-order valence-electron chi connectivity index (χ0n) is 11.9. The fourth-order valence-corrected chi connectivity index (χ4v) is 3.25. The third kappa shape index (κ3) is 2.71. The molecule has 0 bridgehead atoms. The third-order valence-corrected chi connectivity index (χ3v) is 4.41. The third-order valence-electron chi connectivity index (χ3n) is 3.61. The first-order valence-corrected chi connectivity index (χ1v) is 7.62. The zero-order chi connectivity index (χ0) is 14.9. The topological polar surface area (TPSA) is 61.7 Å². The van der Waals surface area contributed by atoms with Gasteiger partial charge in [-0.2, -0.15) is 0 Å². The van der Waals surface area contributed by atoms with E-state index >= 15 is 0 Å². The molecule has 0 saturated carbocycles. The van der Waals surface area contributed by atoms with Crippen molar-refractivity contribution in [1.29, 1.82) is 0 Å². The van der Waals surface area contributed by atoms with Crippen molar-refractivity contribution in [3.05, 3.63) is 35.3 Å². The Hall–Kier alpha value is -2.08. The van der Waals surface area contributed by atoms with Gasteiger partial charge in [-0.1, -0.05) is 23.5 Å². The second-order valence-corrected chi connectivity index (χ2v) is 6.01. The minimum absolute atomic E-state index is 0.142. The van der Waals surface area contributed by atoms with Gasteiger partial charge in [-0.25, -0.2) is 10.3 Å². The van der Waals surface area contributed by atoms with E-state index in [1.807, 2.05) is 36.6 Å². The smallest absolute Gasteiger partial charge is 0.337 e. The van der Waals surface area contributed by atoms with E-state index in [1.54, 1.807) is 7.11 Å². The highest BCUT2D eigenvalue weighted by Crippen LogP contribution is 2.36. The van der Waals surface area contributed by atoms with Crippen LogP contribution in [0.3, 0.4) is 0 Å². The van der Waals surface area contributed by atoms with Crippen LogP contribution in [0, 0.1) is 0 Å². The summed E-state index contributed by atoms with van der Waals surface area (Å²) in [5, 5.41) is 6.15. The molecular weight excluding hydrogens is 288 g/mol. The van der Waals surface area contributed by atoms with Gasteiger partial charge in [-0.15, -0.1) is 0 Å². The molecule has 0 radical (unpaired) electrons. The first kappa shape index (κ1) is 13.9. The number of hydrogen-bond donors (Lipinski definition) is 1. The Balaban J connectivity index is 1.81. The number of hydrogen-bond acceptors (Lipinski definition) is 5. The van der Waals surface area contributed by atoms with Crippen molar-refractivity contribution in [2.75, 3.05) is 12.4 Å². The van der Waals surface area contributed by atoms with Crippen molar-refractivity contribution in [3.8, 4) is 5.75 Å². The summed E-state index contributed by atoms with van der Waals surface area (Å²) in [6.45, 7) is 1.93. The SMILES string of the molecule is COc1ccccc1Nc1[nH+]c(C2(C)CCC(=O)O2)cs1. The number of ether oxygens (including phenoxy) is 2. The number of aromatic amines is 1. The lowest BCUT2D eigenvalue weighted by molar-refractivity contribution is -0.384. The number of aromatic nitrogens is 1. The highest BCUT2D eigenvalue weighted by molar-refractivity contribution is 7.13. The second kappa shape index (κ2) is 5.37. The van der Waals surface area contributed by atoms with Gasteiger partial charge in [0, 0.05) is 18.2 Å². The summed E-state index contributed by atoms with van der Waals surface area (Å²) in [4.78, 5) is 14.6. The van der Waals surface area contributed by atoms with Gasteiger partial charge in [0.25, 0.3) is 0 Å². The number of anilines is 2. The van der Waals surface area contributed by atoms with Crippen LogP contribution in [0.15, 0.2) is 29.6 Å². The van der Waals surface area contributed by atoms with Crippen molar-refractivity contribution in [2.45, 2.75) is 25.4 Å². The number of carbonyl (C=O) groups is 1. The second-order valence-electron chi connectivity index (χ2n) is 5.13. The highest BCUT2D eigenvalue weighted by Gasteiger charge is 2.41. The van der Waals surface area contributed by atoms with Crippen molar-refractivity contribution >= 4 is 28.1 Å². The molecule has 2 heterocycles. The zero-order valence-corrected chi connectivity index (χ0v) is 12.8. The molecule has 1 saturated heterocycles. The number of rotatable bonds is 4. The molecule has 21 heavy (non-hydrogen) atoms. The maximum absolute atomic E-state index is 11.3. The molecule has 1 aliphatic heterocycles. The first-order valence-electron chi connectivity index (χ1n) is 6.74. The molecule has 3 rings (SSSR count). The van der Waals surface area contributed by atoms with Gasteiger partial charge in [-0.3, -0.25) is 4.79 Å². The summed E-state index contributed by atoms with van der Waals surface area (Å²) in [7, 11) is 1.64. The predicted octanol–water partition coefficient (Wildman–Crippen LogP) is 2.87. The summed E-state index contributed by atoms with van der Waals surface area (Å²) in [6.07, 6.45) is 1.17. The minimum Gasteiger partial charge on any atom is -0.492 e. The molecule has 6 heteroatoms. The molecule has 0 aliphatic carbocycles. The van der Waals surface area contributed by atoms with Crippen LogP contribution < -0.4 is 15.0 Å². The molecule has 2 aromatic rings. The van der Waals surface area contributed by atoms with E-state index in [-0.39, 0.29) is 5.97 Å². The van der Waals surface area contributed by atoms with Crippen LogP contribution in [-0.2, 0) is 15.1 Å². The molecule has 1 fully saturated rings. The van der Waals surface area contributed by atoms with Crippen LogP contribution in [-0.4, -0.2) is 13.1 Å². The van der Waals surface area contributed by atoms with Gasteiger partial charge >= 0.3 is 11.1 Å². The van der Waals surface area contributed by atoms with Crippen LogP contribution >= 0.6 is 11.3 Å². The lowest BCUT2D eigenvalue weighted by Gasteiger charge is -2.17. The standard InChI is InChI=1S/C15H16N2O3S/c1-15(8-7-13(18)20-15)12-9-21-14(17-12)16-10-5-3-4-6-11(10)19-2/h3-6,9H,7-8H2,1-2H3,(H,16,17)/p+1. The molecule has 0 spiro atoms. The number of nitrogens with one attached hydrogen (secondary N) is 2. The molecular formula is C15H17N2O3S+. The Kier molecular flexibility index (Phi) is 3.55. The van der Waals surface area contributed by atoms with Crippen LogP contribution in [0.4, 0.5) is 10.8 Å². The lowest BCUT2D eigenvalue weighted by Crippen LogP contribution is -2.28. The van der Waals surface area contributed by atoms with Crippen LogP contribution in [0.5, 0.6) is 5.75 Å².